The first-order valence-corrected chi connectivity index (χ1v) is 4.35. The molecule has 5 N–H and O–H groups in total. The van der Waals surface area contributed by atoms with Crippen LogP contribution in [0.1, 0.15) is 19.8 Å². The van der Waals surface area contributed by atoms with Gasteiger partial charge in [0.15, 0.2) is 0 Å². The molecule has 3 heteroatoms. The van der Waals surface area contributed by atoms with Crippen LogP contribution in [0.3, 0.4) is 0 Å². The van der Waals surface area contributed by atoms with Crippen molar-refractivity contribution in [3.63, 3.8) is 0 Å². The minimum absolute atomic E-state index is 0.479. The lowest BCUT2D eigenvalue weighted by molar-refractivity contribution is 0.402. The molecule has 0 bridgehead atoms. The third-order valence-electron chi connectivity index (χ3n) is 2.19. The van der Waals surface area contributed by atoms with Gasteiger partial charge in [0.05, 0.1) is 0 Å². The average molecular weight is 159 g/mol. The fraction of sp³-hybridized carbons (Fsp3) is 1.00. The van der Waals surface area contributed by atoms with Crippen LogP contribution in [0.25, 0.3) is 0 Å². The Balaban J connectivity index is 3.58. The van der Waals surface area contributed by atoms with Crippen LogP contribution in [0, 0.1) is 5.92 Å². The van der Waals surface area contributed by atoms with Crippen molar-refractivity contribution in [2.24, 2.45) is 17.4 Å². The first kappa shape index (κ1) is 10.9. The quantitative estimate of drug-likeness (QED) is 0.507. The molecule has 0 aromatic rings. The second-order valence-electron chi connectivity index (χ2n) is 2.97. The lowest BCUT2D eigenvalue weighted by atomic mass is 9.99. The zero-order valence-corrected chi connectivity index (χ0v) is 7.64. The molecule has 0 saturated heterocycles. The van der Waals surface area contributed by atoms with E-state index in [-0.39, 0.29) is 0 Å². The summed E-state index contributed by atoms with van der Waals surface area (Å²) in [4.78, 5) is 0. The van der Waals surface area contributed by atoms with Gasteiger partial charge in [0.1, 0.15) is 0 Å². The van der Waals surface area contributed by atoms with Gasteiger partial charge in [-0.15, -0.1) is 0 Å². The predicted octanol–water partition coefficient (Wildman–Crippen LogP) is -0.0919. The van der Waals surface area contributed by atoms with Gasteiger partial charge < -0.3 is 16.8 Å². The highest BCUT2D eigenvalue weighted by molar-refractivity contribution is 4.70. The van der Waals surface area contributed by atoms with E-state index in [1.807, 2.05) is 7.05 Å². The van der Waals surface area contributed by atoms with Gasteiger partial charge in [-0.3, -0.25) is 0 Å². The van der Waals surface area contributed by atoms with E-state index in [9.17, 15) is 0 Å². The third-order valence-corrected chi connectivity index (χ3v) is 2.19. The molecule has 0 aliphatic heterocycles. The van der Waals surface area contributed by atoms with E-state index in [0.717, 1.165) is 12.8 Å². The first-order valence-electron chi connectivity index (χ1n) is 4.35. The van der Waals surface area contributed by atoms with Crippen LogP contribution in [-0.4, -0.2) is 26.2 Å². The van der Waals surface area contributed by atoms with Crippen LogP contribution >= 0.6 is 0 Å². The normalized spacial score (nSPS) is 13.9. The predicted molar refractivity (Wildman–Crippen MR) is 49.4 cm³/mol. The van der Waals surface area contributed by atoms with Crippen LogP contribution in [0.15, 0.2) is 0 Å². The number of nitrogens with one attached hydrogen (secondary N) is 1. The molecule has 1 atom stereocenters. The number of rotatable bonds is 6. The molecule has 0 rings (SSSR count). The molecule has 11 heavy (non-hydrogen) atoms. The molecule has 0 fully saturated rings. The number of hydrogen-bond acceptors (Lipinski definition) is 3. The van der Waals surface area contributed by atoms with Crippen molar-refractivity contribution in [3.8, 4) is 0 Å². The molecule has 0 spiro atoms. The largest absolute Gasteiger partial charge is 0.330 e. The summed E-state index contributed by atoms with van der Waals surface area (Å²) in [7, 11) is 1.98. The van der Waals surface area contributed by atoms with Crippen LogP contribution in [0.4, 0.5) is 0 Å². The minimum atomic E-state index is 0.479. The van der Waals surface area contributed by atoms with Crippen molar-refractivity contribution in [2.45, 2.75) is 25.8 Å². The molecule has 0 saturated carbocycles. The topological polar surface area (TPSA) is 64.1 Å². The average Bonchev–Trinajstić information content (AvgIpc) is 2.07. The fourth-order valence-electron chi connectivity index (χ4n) is 1.18. The third kappa shape index (κ3) is 4.35. The Bertz CT molecular complexity index is 67.4. The monoisotopic (exact) mass is 159 g/mol. The van der Waals surface area contributed by atoms with Crippen molar-refractivity contribution in [2.75, 3.05) is 20.1 Å². The molecule has 0 aliphatic carbocycles. The Hall–Kier alpha value is -0.120. The molecule has 0 aliphatic rings. The van der Waals surface area contributed by atoms with E-state index in [1.165, 1.54) is 0 Å². The van der Waals surface area contributed by atoms with Gasteiger partial charge in [-0.25, -0.2) is 0 Å². The smallest absolute Gasteiger partial charge is 0.00650 e. The molecule has 3 nitrogen and oxygen atoms in total. The summed E-state index contributed by atoms with van der Waals surface area (Å²) < 4.78 is 0. The van der Waals surface area contributed by atoms with Crippen LogP contribution in [-0.2, 0) is 0 Å². The highest BCUT2D eigenvalue weighted by atomic mass is 14.9. The highest BCUT2D eigenvalue weighted by Gasteiger charge is 2.10. The van der Waals surface area contributed by atoms with Gasteiger partial charge in [-0.1, -0.05) is 6.92 Å². The molecule has 0 unspecified atom stereocenters. The van der Waals surface area contributed by atoms with Gasteiger partial charge in [0.2, 0.25) is 0 Å². The van der Waals surface area contributed by atoms with Crippen molar-refractivity contribution >= 4 is 0 Å². The Labute approximate surface area is 69.5 Å². The van der Waals surface area contributed by atoms with E-state index in [0.29, 0.717) is 25.0 Å². The van der Waals surface area contributed by atoms with Crippen LogP contribution < -0.4 is 16.8 Å². The lowest BCUT2D eigenvalue weighted by Crippen LogP contribution is -2.33. The molecule has 0 aromatic carbocycles. The number of hydrogen-bond donors (Lipinski definition) is 3. The molecular weight excluding hydrogens is 138 g/mol. The highest BCUT2D eigenvalue weighted by Crippen LogP contribution is 2.05. The van der Waals surface area contributed by atoms with E-state index in [1.54, 1.807) is 0 Å². The van der Waals surface area contributed by atoms with Crippen molar-refractivity contribution in [3.05, 3.63) is 0 Å². The zero-order valence-electron chi connectivity index (χ0n) is 7.64. The minimum Gasteiger partial charge on any atom is -0.330 e. The Kier molecular flexibility index (Phi) is 6.51. The summed E-state index contributed by atoms with van der Waals surface area (Å²) in [6, 6.07) is 0.576. The SMILES string of the molecule is CC[C@H](CC(CN)CN)NC. The summed E-state index contributed by atoms with van der Waals surface area (Å²) in [5.74, 6) is 0.479. The van der Waals surface area contributed by atoms with Crippen molar-refractivity contribution < 1.29 is 0 Å². The Morgan fingerprint density at radius 2 is 1.82 bits per heavy atom. The van der Waals surface area contributed by atoms with Gasteiger partial charge in [0.25, 0.3) is 0 Å². The number of nitrogens with two attached hydrogens (primary N) is 2. The van der Waals surface area contributed by atoms with E-state index >= 15 is 0 Å². The molecule has 0 radical (unpaired) electrons. The first-order chi connectivity index (χ1) is 5.28. The van der Waals surface area contributed by atoms with E-state index < -0.39 is 0 Å². The van der Waals surface area contributed by atoms with Crippen molar-refractivity contribution in [1.82, 2.24) is 5.32 Å². The zero-order chi connectivity index (χ0) is 8.69. The lowest BCUT2D eigenvalue weighted by Gasteiger charge is -2.19. The van der Waals surface area contributed by atoms with Gasteiger partial charge in [0, 0.05) is 6.04 Å². The van der Waals surface area contributed by atoms with Gasteiger partial charge in [-0.05, 0) is 38.9 Å². The standard InChI is InChI=1S/C8H21N3/c1-3-8(11-2)4-7(5-9)6-10/h7-8,11H,3-6,9-10H2,1-2H3/t8-/m1/s1. The molecule has 68 valence electrons. The molecule has 0 amide bonds. The van der Waals surface area contributed by atoms with Crippen molar-refractivity contribution in [1.29, 1.82) is 0 Å². The summed E-state index contributed by atoms with van der Waals surface area (Å²) in [6.07, 6.45) is 2.24. The second-order valence-corrected chi connectivity index (χ2v) is 2.97. The maximum Gasteiger partial charge on any atom is 0.00650 e. The molecule has 0 aromatic heterocycles. The summed E-state index contributed by atoms with van der Waals surface area (Å²) in [5.41, 5.74) is 11.1. The Morgan fingerprint density at radius 3 is 2.09 bits per heavy atom. The molecule has 0 heterocycles. The van der Waals surface area contributed by atoms with Gasteiger partial charge >= 0.3 is 0 Å². The maximum absolute atomic E-state index is 5.53. The van der Waals surface area contributed by atoms with E-state index in [2.05, 4.69) is 12.2 Å². The Morgan fingerprint density at radius 1 is 1.27 bits per heavy atom. The van der Waals surface area contributed by atoms with Crippen LogP contribution in [0.5, 0.6) is 0 Å². The van der Waals surface area contributed by atoms with Gasteiger partial charge in [-0.2, -0.15) is 0 Å². The van der Waals surface area contributed by atoms with E-state index in [4.69, 9.17) is 11.5 Å². The summed E-state index contributed by atoms with van der Waals surface area (Å²) in [6.45, 7) is 3.58. The maximum atomic E-state index is 5.53. The summed E-state index contributed by atoms with van der Waals surface area (Å²) in [5, 5.41) is 3.24. The summed E-state index contributed by atoms with van der Waals surface area (Å²) >= 11 is 0. The molecular formula is C8H21N3. The fourth-order valence-corrected chi connectivity index (χ4v) is 1.18. The van der Waals surface area contributed by atoms with Crippen LogP contribution in [0.2, 0.25) is 0 Å². The second kappa shape index (κ2) is 6.58.